The standard InChI is InChI=1S/C13H20BrNOS/c1-3-6-17-9-11(15)7-10-8-12(16-2)4-5-13(10)14/h4-5,8,11H,3,6-7,9,15H2,1-2H3. The van der Waals surface area contributed by atoms with E-state index in [1.54, 1.807) is 7.11 Å². The fourth-order valence-electron chi connectivity index (χ4n) is 1.55. The second-order valence-corrected chi connectivity index (χ2v) is 6.00. The topological polar surface area (TPSA) is 35.2 Å². The van der Waals surface area contributed by atoms with E-state index in [0.29, 0.717) is 0 Å². The molecule has 17 heavy (non-hydrogen) atoms. The number of methoxy groups -OCH3 is 1. The number of hydrogen-bond donors (Lipinski definition) is 1. The van der Waals surface area contributed by atoms with Crippen molar-refractivity contribution in [2.45, 2.75) is 25.8 Å². The first-order valence-electron chi connectivity index (χ1n) is 5.83. The molecule has 1 rings (SSSR count). The van der Waals surface area contributed by atoms with E-state index in [1.165, 1.54) is 17.7 Å². The Hall–Kier alpha value is -0.190. The van der Waals surface area contributed by atoms with E-state index in [0.717, 1.165) is 22.4 Å². The first kappa shape index (κ1) is 14.9. The number of halogens is 1. The summed E-state index contributed by atoms with van der Waals surface area (Å²) < 4.78 is 6.33. The zero-order chi connectivity index (χ0) is 12.7. The van der Waals surface area contributed by atoms with E-state index in [4.69, 9.17) is 10.5 Å². The Morgan fingerprint density at radius 2 is 2.24 bits per heavy atom. The maximum atomic E-state index is 6.12. The average molecular weight is 318 g/mol. The van der Waals surface area contributed by atoms with E-state index in [9.17, 15) is 0 Å². The number of nitrogens with two attached hydrogens (primary N) is 1. The molecule has 0 aliphatic carbocycles. The molecule has 0 saturated carbocycles. The van der Waals surface area contributed by atoms with Crippen molar-refractivity contribution in [1.29, 1.82) is 0 Å². The first-order chi connectivity index (χ1) is 8.17. The van der Waals surface area contributed by atoms with Gasteiger partial charge in [-0.05, 0) is 42.4 Å². The van der Waals surface area contributed by atoms with Gasteiger partial charge >= 0.3 is 0 Å². The Morgan fingerprint density at radius 1 is 1.47 bits per heavy atom. The quantitative estimate of drug-likeness (QED) is 0.782. The molecule has 0 bridgehead atoms. The summed E-state index contributed by atoms with van der Waals surface area (Å²) in [6.45, 7) is 2.19. The molecular formula is C13H20BrNOS. The molecule has 1 aromatic rings. The van der Waals surface area contributed by atoms with E-state index in [1.807, 2.05) is 23.9 Å². The molecule has 0 fully saturated rings. The van der Waals surface area contributed by atoms with Crippen LogP contribution < -0.4 is 10.5 Å². The van der Waals surface area contributed by atoms with Crippen LogP contribution in [0.15, 0.2) is 22.7 Å². The van der Waals surface area contributed by atoms with Gasteiger partial charge in [0.25, 0.3) is 0 Å². The number of hydrogen-bond acceptors (Lipinski definition) is 3. The van der Waals surface area contributed by atoms with Crippen molar-refractivity contribution in [2.75, 3.05) is 18.6 Å². The van der Waals surface area contributed by atoms with Gasteiger partial charge in [0.2, 0.25) is 0 Å². The molecule has 1 atom stereocenters. The lowest BCUT2D eigenvalue weighted by Crippen LogP contribution is -2.26. The molecule has 2 nitrogen and oxygen atoms in total. The molecule has 0 heterocycles. The molecule has 0 radical (unpaired) electrons. The molecule has 0 aliphatic rings. The van der Waals surface area contributed by atoms with Crippen LogP contribution in [0.1, 0.15) is 18.9 Å². The van der Waals surface area contributed by atoms with Crippen molar-refractivity contribution in [3.8, 4) is 5.75 Å². The zero-order valence-electron chi connectivity index (χ0n) is 10.4. The highest BCUT2D eigenvalue weighted by Crippen LogP contribution is 2.23. The molecule has 4 heteroatoms. The molecule has 0 saturated heterocycles. The van der Waals surface area contributed by atoms with E-state index < -0.39 is 0 Å². The Bertz CT molecular complexity index is 346. The van der Waals surface area contributed by atoms with Gasteiger partial charge < -0.3 is 10.5 Å². The maximum Gasteiger partial charge on any atom is 0.119 e. The van der Waals surface area contributed by atoms with Gasteiger partial charge in [-0.2, -0.15) is 11.8 Å². The van der Waals surface area contributed by atoms with Gasteiger partial charge in [-0.1, -0.05) is 22.9 Å². The van der Waals surface area contributed by atoms with E-state index >= 15 is 0 Å². The van der Waals surface area contributed by atoms with Gasteiger partial charge in [0, 0.05) is 16.3 Å². The Balaban J connectivity index is 2.54. The van der Waals surface area contributed by atoms with Crippen molar-refractivity contribution >= 4 is 27.7 Å². The normalized spacial score (nSPS) is 12.5. The van der Waals surface area contributed by atoms with Gasteiger partial charge in [0.05, 0.1) is 7.11 Å². The molecule has 0 aromatic heterocycles. The summed E-state index contributed by atoms with van der Waals surface area (Å²) in [6.07, 6.45) is 2.09. The third-order valence-corrected chi connectivity index (χ3v) is 4.55. The van der Waals surface area contributed by atoms with Crippen LogP contribution in [-0.4, -0.2) is 24.7 Å². The second-order valence-electron chi connectivity index (χ2n) is 4.00. The largest absolute Gasteiger partial charge is 0.497 e. The third kappa shape index (κ3) is 5.32. The van der Waals surface area contributed by atoms with Crippen LogP contribution in [-0.2, 0) is 6.42 Å². The average Bonchev–Trinajstić information content (AvgIpc) is 2.32. The van der Waals surface area contributed by atoms with Gasteiger partial charge in [0.1, 0.15) is 5.75 Å². The summed E-state index contributed by atoms with van der Waals surface area (Å²) in [6, 6.07) is 6.22. The van der Waals surface area contributed by atoms with Crippen LogP contribution in [0.3, 0.4) is 0 Å². The minimum Gasteiger partial charge on any atom is -0.497 e. The molecule has 0 amide bonds. The highest BCUT2D eigenvalue weighted by molar-refractivity contribution is 9.10. The summed E-state index contributed by atoms with van der Waals surface area (Å²) in [5, 5.41) is 0. The van der Waals surface area contributed by atoms with Gasteiger partial charge in [-0.25, -0.2) is 0 Å². The SMILES string of the molecule is CCCSCC(N)Cc1cc(OC)ccc1Br. The Kier molecular flexibility index (Phi) is 7.00. The van der Waals surface area contributed by atoms with Gasteiger partial charge in [-0.15, -0.1) is 0 Å². The number of thioether (sulfide) groups is 1. The van der Waals surface area contributed by atoms with Crippen LogP contribution in [0.2, 0.25) is 0 Å². The van der Waals surface area contributed by atoms with E-state index in [-0.39, 0.29) is 6.04 Å². The molecule has 0 spiro atoms. The smallest absolute Gasteiger partial charge is 0.119 e. The van der Waals surface area contributed by atoms with Crippen molar-refractivity contribution < 1.29 is 4.74 Å². The highest BCUT2D eigenvalue weighted by atomic mass is 79.9. The van der Waals surface area contributed by atoms with Crippen LogP contribution in [0.5, 0.6) is 5.75 Å². The van der Waals surface area contributed by atoms with Gasteiger partial charge in [0.15, 0.2) is 0 Å². The molecule has 96 valence electrons. The third-order valence-electron chi connectivity index (χ3n) is 2.42. The number of rotatable bonds is 7. The number of benzene rings is 1. The predicted molar refractivity (Wildman–Crippen MR) is 80.0 cm³/mol. The zero-order valence-corrected chi connectivity index (χ0v) is 12.8. The molecular weight excluding hydrogens is 298 g/mol. The minimum atomic E-state index is 0.204. The summed E-state index contributed by atoms with van der Waals surface area (Å²) in [4.78, 5) is 0. The van der Waals surface area contributed by atoms with Crippen molar-refractivity contribution in [2.24, 2.45) is 5.73 Å². The minimum absolute atomic E-state index is 0.204. The Labute approximate surface area is 116 Å². The predicted octanol–water partition coefficient (Wildman–Crippen LogP) is 3.47. The highest BCUT2D eigenvalue weighted by Gasteiger charge is 2.08. The lowest BCUT2D eigenvalue weighted by molar-refractivity contribution is 0.414. The van der Waals surface area contributed by atoms with Crippen molar-refractivity contribution in [3.63, 3.8) is 0 Å². The van der Waals surface area contributed by atoms with Crippen LogP contribution in [0.25, 0.3) is 0 Å². The molecule has 2 N–H and O–H groups in total. The summed E-state index contributed by atoms with van der Waals surface area (Å²) in [7, 11) is 1.68. The number of ether oxygens (including phenoxy) is 1. The van der Waals surface area contributed by atoms with Gasteiger partial charge in [-0.3, -0.25) is 0 Å². The van der Waals surface area contributed by atoms with Crippen LogP contribution >= 0.6 is 27.7 Å². The summed E-state index contributed by atoms with van der Waals surface area (Å²) >= 11 is 5.48. The summed E-state index contributed by atoms with van der Waals surface area (Å²) in [5.74, 6) is 3.08. The Morgan fingerprint density at radius 3 is 2.88 bits per heavy atom. The fourth-order valence-corrected chi connectivity index (χ4v) is 2.84. The summed E-state index contributed by atoms with van der Waals surface area (Å²) in [5.41, 5.74) is 7.34. The monoisotopic (exact) mass is 317 g/mol. The van der Waals surface area contributed by atoms with Crippen LogP contribution in [0.4, 0.5) is 0 Å². The maximum absolute atomic E-state index is 6.12. The fraction of sp³-hybridized carbons (Fsp3) is 0.538. The van der Waals surface area contributed by atoms with Crippen molar-refractivity contribution in [1.82, 2.24) is 0 Å². The van der Waals surface area contributed by atoms with E-state index in [2.05, 4.69) is 28.9 Å². The lowest BCUT2D eigenvalue weighted by atomic mass is 10.1. The van der Waals surface area contributed by atoms with Crippen LogP contribution in [0, 0.1) is 0 Å². The second kappa shape index (κ2) is 8.01. The molecule has 0 aliphatic heterocycles. The van der Waals surface area contributed by atoms with Crippen molar-refractivity contribution in [3.05, 3.63) is 28.2 Å². The molecule has 1 aromatic carbocycles. The molecule has 1 unspecified atom stereocenters. The lowest BCUT2D eigenvalue weighted by Gasteiger charge is -2.13. The first-order valence-corrected chi connectivity index (χ1v) is 7.77.